The van der Waals surface area contributed by atoms with Gasteiger partial charge >= 0.3 is 11.9 Å². The number of nitrogens with zero attached hydrogens (tertiary/aromatic N) is 1. The number of carboxylic acid groups (broad SMARTS) is 2. The van der Waals surface area contributed by atoms with Gasteiger partial charge in [0.25, 0.3) is 5.69 Å². The molecule has 0 aliphatic heterocycles. The van der Waals surface area contributed by atoms with Crippen LogP contribution in [0.2, 0.25) is 0 Å². The van der Waals surface area contributed by atoms with Crippen LogP contribution in [0.3, 0.4) is 0 Å². The summed E-state index contributed by atoms with van der Waals surface area (Å²) in [4.78, 5) is 56.1. The van der Waals surface area contributed by atoms with Crippen molar-refractivity contribution in [3.63, 3.8) is 0 Å². The van der Waals surface area contributed by atoms with Crippen molar-refractivity contribution in [3.05, 3.63) is 34.4 Å². The van der Waals surface area contributed by atoms with E-state index < -0.39 is 52.6 Å². The number of non-ortho nitro benzene ring substituents is 1. The Bertz CT molecular complexity index is 867. The molecule has 0 saturated heterocycles. The number of benzene rings is 1. The van der Waals surface area contributed by atoms with Gasteiger partial charge in [0.1, 0.15) is 31.0 Å². The normalized spacial score (nSPS) is 13.2. The van der Waals surface area contributed by atoms with E-state index >= 15 is 0 Å². The summed E-state index contributed by atoms with van der Waals surface area (Å²) < 4.78 is 5.50. The molecule has 0 spiro atoms. The second-order valence-corrected chi connectivity index (χ2v) is 8.25. The minimum absolute atomic E-state index is 0.0240. The third kappa shape index (κ3) is 10.9. The van der Waals surface area contributed by atoms with Gasteiger partial charge in [-0.25, -0.2) is 0 Å². The summed E-state index contributed by atoms with van der Waals surface area (Å²) in [6, 6.07) is 2.86. The SMILES string of the molecule is N[C@@H](CCC(=O)N[C@@H](CSC(CO)COc1ccc([N+](=O)[O-])cc1)C(=O)NCC(=O)O)C(=O)O. The fourth-order valence-corrected chi connectivity index (χ4v) is 3.35. The number of carbonyl (C=O) groups excluding carboxylic acids is 2. The summed E-state index contributed by atoms with van der Waals surface area (Å²) >= 11 is 1.07. The van der Waals surface area contributed by atoms with Gasteiger partial charge in [0.05, 0.1) is 16.8 Å². The Labute approximate surface area is 198 Å². The number of aliphatic carboxylic acids is 2. The zero-order valence-electron chi connectivity index (χ0n) is 17.9. The van der Waals surface area contributed by atoms with E-state index in [1.165, 1.54) is 24.3 Å². The standard InChI is InChI=1S/C19H26N4O10S/c20-14(19(29)30)5-6-16(25)22-15(18(28)21-7-17(26)27)10-34-13(8-24)9-33-12-3-1-11(2-4-12)23(31)32/h1-4,13-15,24H,5-10,20H2,(H,21,28)(H,22,25)(H,26,27)(H,29,30)/t13?,14-,15-/m0/s1. The molecule has 7 N–H and O–H groups in total. The summed E-state index contributed by atoms with van der Waals surface area (Å²) in [6.45, 7) is -1.06. The van der Waals surface area contributed by atoms with Gasteiger partial charge in [-0.3, -0.25) is 29.3 Å². The average Bonchev–Trinajstić information content (AvgIpc) is 2.80. The van der Waals surface area contributed by atoms with Gasteiger partial charge in [0.15, 0.2) is 0 Å². The second-order valence-electron chi connectivity index (χ2n) is 6.91. The first-order valence-electron chi connectivity index (χ1n) is 9.90. The predicted molar refractivity (Wildman–Crippen MR) is 119 cm³/mol. The molecule has 3 atom stereocenters. The van der Waals surface area contributed by atoms with Crippen LogP contribution in [0.15, 0.2) is 24.3 Å². The summed E-state index contributed by atoms with van der Waals surface area (Å²) in [5, 5.41) is 41.8. The second kappa shape index (κ2) is 14.7. The number of thioether (sulfide) groups is 1. The first kappa shape index (κ1) is 28.6. The van der Waals surface area contributed by atoms with Gasteiger partial charge in [-0.1, -0.05) is 0 Å². The predicted octanol–water partition coefficient (Wildman–Crippen LogP) is -1.05. The Kier molecular flexibility index (Phi) is 12.3. The van der Waals surface area contributed by atoms with Crippen LogP contribution in [-0.2, 0) is 19.2 Å². The third-order valence-corrected chi connectivity index (χ3v) is 5.53. The molecule has 1 aromatic carbocycles. The smallest absolute Gasteiger partial charge is 0.322 e. The van der Waals surface area contributed by atoms with Crippen LogP contribution in [0.4, 0.5) is 5.69 Å². The molecule has 0 aliphatic rings. The Morgan fingerprint density at radius 2 is 1.82 bits per heavy atom. The Morgan fingerprint density at radius 3 is 2.35 bits per heavy atom. The lowest BCUT2D eigenvalue weighted by Crippen LogP contribution is -2.50. The van der Waals surface area contributed by atoms with Crippen molar-refractivity contribution in [2.75, 3.05) is 25.5 Å². The van der Waals surface area contributed by atoms with Gasteiger partial charge < -0.3 is 36.4 Å². The van der Waals surface area contributed by atoms with Gasteiger partial charge in [0, 0.05) is 24.3 Å². The molecule has 14 nitrogen and oxygen atoms in total. The topological polar surface area (TPSA) is 231 Å². The van der Waals surface area contributed by atoms with E-state index in [0.29, 0.717) is 5.75 Å². The molecule has 1 aromatic rings. The van der Waals surface area contributed by atoms with E-state index in [0.717, 1.165) is 11.8 Å². The van der Waals surface area contributed by atoms with Crippen LogP contribution in [0, 0.1) is 10.1 Å². The number of carbonyl (C=O) groups is 4. The minimum atomic E-state index is -1.29. The lowest BCUT2D eigenvalue weighted by atomic mass is 10.1. The fourth-order valence-electron chi connectivity index (χ4n) is 2.38. The highest BCUT2D eigenvalue weighted by Gasteiger charge is 2.24. The molecule has 0 fully saturated rings. The van der Waals surface area contributed by atoms with Crippen LogP contribution in [0.1, 0.15) is 12.8 Å². The van der Waals surface area contributed by atoms with Gasteiger partial charge in [0.2, 0.25) is 11.8 Å². The zero-order valence-corrected chi connectivity index (χ0v) is 18.7. The molecule has 34 heavy (non-hydrogen) atoms. The van der Waals surface area contributed by atoms with Crippen LogP contribution >= 0.6 is 11.8 Å². The maximum absolute atomic E-state index is 12.3. The Balaban J connectivity index is 2.68. The number of nitrogens with one attached hydrogen (secondary N) is 2. The Morgan fingerprint density at radius 1 is 1.18 bits per heavy atom. The molecule has 0 bridgehead atoms. The van der Waals surface area contributed by atoms with Crippen LogP contribution < -0.4 is 21.1 Å². The molecule has 1 rings (SSSR count). The molecule has 15 heteroatoms. The number of aliphatic hydroxyl groups is 1. The summed E-state index contributed by atoms with van der Waals surface area (Å²) in [5.74, 6) is -3.74. The average molecular weight is 503 g/mol. The first-order valence-corrected chi connectivity index (χ1v) is 10.9. The number of amides is 2. The van der Waals surface area contributed by atoms with E-state index in [-0.39, 0.29) is 37.5 Å². The number of nitro groups is 1. The highest BCUT2D eigenvalue weighted by Crippen LogP contribution is 2.19. The maximum atomic E-state index is 12.3. The monoisotopic (exact) mass is 502 g/mol. The molecule has 1 unspecified atom stereocenters. The quantitative estimate of drug-likeness (QED) is 0.117. The fraction of sp³-hybridized carbons (Fsp3) is 0.474. The van der Waals surface area contributed by atoms with E-state index in [2.05, 4.69) is 10.6 Å². The number of hydrogen-bond donors (Lipinski definition) is 6. The van der Waals surface area contributed by atoms with Crippen molar-refractivity contribution < 1.29 is 44.2 Å². The maximum Gasteiger partial charge on any atom is 0.322 e. The summed E-state index contributed by atoms with van der Waals surface area (Å²) in [6.07, 6.45) is -0.437. The van der Waals surface area contributed by atoms with Crippen LogP contribution in [-0.4, -0.2) is 86.8 Å². The zero-order chi connectivity index (χ0) is 25.7. The molecule has 2 amide bonds. The van der Waals surface area contributed by atoms with Crippen LogP contribution in [0.25, 0.3) is 0 Å². The van der Waals surface area contributed by atoms with E-state index in [4.69, 9.17) is 20.7 Å². The van der Waals surface area contributed by atoms with E-state index in [1.807, 2.05) is 0 Å². The van der Waals surface area contributed by atoms with Crippen molar-refractivity contribution in [1.29, 1.82) is 0 Å². The van der Waals surface area contributed by atoms with Gasteiger partial charge in [-0.05, 0) is 18.6 Å². The number of ether oxygens (including phenoxy) is 1. The number of carboxylic acids is 2. The minimum Gasteiger partial charge on any atom is -0.492 e. The summed E-state index contributed by atoms with van der Waals surface area (Å²) in [7, 11) is 0. The van der Waals surface area contributed by atoms with Crippen molar-refractivity contribution >= 4 is 41.2 Å². The molecular weight excluding hydrogens is 476 g/mol. The van der Waals surface area contributed by atoms with Crippen molar-refractivity contribution in [1.82, 2.24) is 10.6 Å². The molecule has 188 valence electrons. The van der Waals surface area contributed by atoms with Gasteiger partial charge in [-0.2, -0.15) is 0 Å². The highest BCUT2D eigenvalue weighted by molar-refractivity contribution is 8.00. The molecule has 0 saturated carbocycles. The van der Waals surface area contributed by atoms with Crippen LogP contribution in [0.5, 0.6) is 5.75 Å². The van der Waals surface area contributed by atoms with E-state index in [1.54, 1.807) is 0 Å². The highest BCUT2D eigenvalue weighted by atomic mass is 32.2. The summed E-state index contributed by atoms with van der Waals surface area (Å²) in [5.41, 5.74) is 5.24. The Hall–Kier alpha value is -3.43. The number of nitro benzene ring substituents is 1. The van der Waals surface area contributed by atoms with Crippen molar-refractivity contribution in [2.24, 2.45) is 5.73 Å². The number of aliphatic hydroxyl groups excluding tert-OH is 1. The largest absolute Gasteiger partial charge is 0.492 e. The number of nitrogens with two attached hydrogens (primary N) is 1. The van der Waals surface area contributed by atoms with E-state index in [9.17, 15) is 34.4 Å². The van der Waals surface area contributed by atoms with Crippen molar-refractivity contribution in [2.45, 2.75) is 30.2 Å². The third-order valence-electron chi connectivity index (χ3n) is 4.25. The molecular formula is C19H26N4O10S. The molecule has 0 heterocycles. The number of hydrogen-bond acceptors (Lipinski definition) is 10. The first-order chi connectivity index (χ1) is 16.0. The van der Waals surface area contributed by atoms with Gasteiger partial charge in [-0.15, -0.1) is 11.8 Å². The lowest BCUT2D eigenvalue weighted by Gasteiger charge is -2.21. The number of rotatable bonds is 16. The molecule has 0 aromatic heterocycles. The molecule has 0 aliphatic carbocycles. The lowest BCUT2D eigenvalue weighted by molar-refractivity contribution is -0.384. The van der Waals surface area contributed by atoms with Crippen molar-refractivity contribution in [3.8, 4) is 5.75 Å². The molecule has 0 radical (unpaired) electrons.